The predicted molar refractivity (Wildman–Crippen MR) is 158 cm³/mol. The molecular weight excluding hydrogens is 614 g/mol. The summed E-state index contributed by atoms with van der Waals surface area (Å²) in [6.07, 6.45) is 0. The molecular formula is C29H27N3O10S2. The van der Waals surface area contributed by atoms with E-state index < -0.39 is 61.4 Å². The molecule has 4 rings (SSSR count). The summed E-state index contributed by atoms with van der Waals surface area (Å²) in [6.45, 7) is 1.96. The standard InChI is InChI=1S/C29H27N3O10S2/c1-18-8-14-23(15-9-18)44(39,40)43-28-25(30-24(34)17-41-22-6-4-3-5-7-22)27(35)31(28)26(19(2)33)29(36)42-16-20-10-12-21(13-11-20)32(37)38/h3-15,25-26,28H,16-17H2,1-2H3,(H,30,34). The highest BCUT2D eigenvalue weighted by Crippen LogP contribution is 2.39. The molecule has 44 heavy (non-hydrogen) atoms. The van der Waals surface area contributed by atoms with Gasteiger partial charge in [-0.3, -0.25) is 24.5 Å². The average Bonchev–Trinajstić information content (AvgIpc) is 3.00. The molecule has 1 aliphatic rings. The van der Waals surface area contributed by atoms with Gasteiger partial charge in [0.1, 0.15) is 23.8 Å². The molecule has 13 nitrogen and oxygen atoms in total. The molecule has 15 heteroatoms. The Bertz CT molecular complexity index is 1660. The highest BCUT2D eigenvalue weighted by atomic mass is 33.1. The number of rotatable bonds is 13. The second kappa shape index (κ2) is 13.7. The third kappa shape index (κ3) is 7.60. The average molecular weight is 642 g/mol. The molecule has 0 spiro atoms. The molecule has 1 aliphatic heterocycles. The van der Waals surface area contributed by atoms with E-state index in [-0.39, 0.29) is 17.2 Å². The fourth-order valence-electron chi connectivity index (χ4n) is 4.19. The van der Waals surface area contributed by atoms with Crippen LogP contribution in [0.5, 0.6) is 5.75 Å². The minimum absolute atomic E-state index is 0.0787. The molecule has 2 amide bonds. The van der Waals surface area contributed by atoms with Crippen LogP contribution in [0.4, 0.5) is 5.69 Å². The quantitative estimate of drug-likeness (QED) is 0.0724. The van der Waals surface area contributed by atoms with E-state index in [2.05, 4.69) is 5.32 Å². The van der Waals surface area contributed by atoms with Gasteiger partial charge in [-0.2, -0.15) is 0 Å². The number of non-ortho nitro benzene ring substituents is 1. The van der Waals surface area contributed by atoms with Crippen molar-refractivity contribution in [3.05, 3.63) is 100 Å². The number of β-lactam (4-membered cyclic amide) rings is 1. The summed E-state index contributed by atoms with van der Waals surface area (Å²) in [5.74, 6) is -3.15. The molecule has 0 aliphatic carbocycles. The zero-order valence-corrected chi connectivity index (χ0v) is 25.1. The summed E-state index contributed by atoms with van der Waals surface area (Å²) in [5, 5.41) is 12.0. The van der Waals surface area contributed by atoms with Crippen LogP contribution in [0, 0.1) is 17.0 Å². The fraction of sp³-hybridized carbons (Fsp3) is 0.241. The maximum atomic E-state index is 13.3. The highest BCUT2D eigenvalue weighted by molar-refractivity contribution is 8.72. The van der Waals surface area contributed by atoms with E-state index in [1.165, 1.54) is 36.4 Å². The first kappa shape index (κ1) is 32.2. The Balaban J connectivity index is 1.54. The molecule has 3 unspecified atom stereocenters. The van der Waals surface area contributed by atoms with Crippen molar-refractivity contribution in [3.63, 3.8) is 0 Å². The molecule has 0 saturated carbocycles. The van der Waals surface area contributed by atoms with E-state index in [1.54, 1.807) is 49.4 Å². The molecule has 3 atom stereocenters. The largest absolute Gasteiger partial charge is 0.484 e. The van der Waals surface area contributed by atoms with Crippen molar-refractivity contribution in [2.75, 3.05) is 6.61 Å². The number of nitro benzene ring substituents is 1. The fourth-order valence-corrected chi connectivity index (χ4v) is 7.70. The Morgan fingerprint density at radius 2 is 1.66 bits per heavy atom. The zero-order valence-electron chi connectivity index (χ0n) is 23.4. The number of carbonyl (C=O) groups excluding carboxylic acids is 4. The summed E-state index contributed by atoms with van der Waals surface area (Å²) < 4.78 is 37.3. The number of likely N-dealkylation sites (tertiary alicyclic amines) is 1. The van der Waals surface area contributed by atoms with E-state index >= 15 is 0 Å². The Labute approximate surface area is 256 Å². The first-order chi connectivity index (χ1) is 20.9. The maximum Gasteiger partial charge on any atom is 0.337 e. The summed E-state index contributed by atoms with van der Waals surface area (Å²) in [5.41, 5.74) is 1.01. The Kier molecular flexibility index (Phi) is 10.0. The molecule has 1 saturated heterocycles. The van der Waals surface area contributed by atoms with Crippen LogP contribution in [-0.2, 0) is 39.4 Å². The number of ether oxygens (including phenoxy) is 2. The Hall–Kier alpha value is -4.76. The van der Waals surface area contributed by atoms with E-state index in [1.807, 2.05) is 0 Å². The first-order valence-corrected chi connectivity index (χ1v) is 15.9. The first-order valence-electron chi connectivity index (χ1n) is 13.1. The van der Waals surface area contributed by atoms with Crippen LogP contribution in [0.1, 0.15) is 18.1 Å². The van der Waals surface area contributed by atoms with Crippen molar-refractivity contribution < 1.29 is 42.0 Å². The van der Waals surface area contributed by atoms with Crippen LogP contribution in [0.15, 0.2) is 83.8 Å². The number of hydrogen-bond donors (Lipinski definition) is 1. The van der Waals surface area contributed by atoms with Gasteiger partial charge in [0, 0.05) is 22.9 Å². The summed E-state index contributed by atoms with van der Waals surface area (Å²) in [7, 11) is -3.84. The number of amides is 2. The lowest BCUT2D eigenvalue weighted by atomic mass is 10.0. The van der Waals surface area contributed by atoms with Gasteiger partial charge in [-0.05, 0) is 55.8 Å². The van der Waals surface area contributed by atoms with E-state index in [0.717, 1.165) is 17.4 Å². The van der Waals surface area contributed by atoms with E-state index in [9.17, 15) is 37.7 Å². The number of nitro groups is 1. The number of Topliss-reactive ketones (excluding diaryl/α,β-unsaturated/α-hetero) is 1. The molecule has 1 N–H and O–H groups in total. The molecule has 1 heterocycles. The monoisotopic (exact) mass is 641 g/mol. The molecule has 0 bridgehead atoms. The van der Waals surface area contributed by atoms with Gasteiger partial charge in [0.2, 0.25) is 14.8 Å². The van der Waals surface area contributed by atoms with Gasteiger partial charge in [0.15, 0.2) is 18.4 Å². The minimum Gasteiger partial charge on any atom is -0.484 e. The lowest BCUT2D eigenvalue weighted by Crippen LogP contribution is -2.74. The summed E-state index contributed by atoms with van der Waals surface area (Å²) in [4.78, 5) is 62.8. The zero-order chi connectivity index (χ0) is 32.0. The van der Waals surface area contributed by atoms with Gasteiger partial charge < -0.3 is 19.7 Å². The normalized spacial score (nSPS) is 16.8. The smallest absolute Gasteiger partial charge is 0.337 e. The third-order valence-electron chi connectivity index (χ3n) is 6.46. The van der Waals surface area contributed by atoms with Crippen molar-refractivity contribution in [2.24, 2.45) is 0 Å². The van der Waals surface area contributed by atoms with Crippen molar-refractivity contribution in [3.8, 4) is 5.75 Å². The number of esters is 1. The number of aryl methyl sites for hydroxylation is 1. The summed E-state index contributed by atoms with van der Waals surface area (Å²) >= 11 is 0. The van der Waals surface area contributed by atoms with Crippen LogP contribution in [0.3, 0.4) is 0 Å². The predicted octanol–water partition coefficient (Wildman–Crippen LogP) is 2.76. The van der Waals surface area contributed by atoms with Gasteiger partial charge in [0.25, 0.3) is 11.6 Å². The van der Waals surface area contributed by atoms with E-state index in [4.69, 9.17) is 9.47 Å². The van der Waals surface area contributed by atoms with E-state index in [0.29, 0.717) is 22.1 Å². The van der Waals surface area contributed by atoms with Crippen molar-refractivity contribution in [1.29, 1.82) is 0 Å². The number of nitrogens with zero attached hydrogens (tertiary/aromatic N) is 2. The van der Waals surface area contributed by atoms with Gasteiger partial charge >= 0.3 is 5.97 Å². The van der Waals surface area contributed by atoms with Gasteiger partial charge in [0.05, 0.1) is 9.82 Å². The molecule has 1 fully saturated rings. The molecule has 3 aromatic rings. The lowest BCUT2D eigenvalue weighted by Gasteiger charge is -2.48. The van der Waals surface area contributed by atoms with Crippen LogP contribution in [-0.4, -0.2) is 65.9 Å². The van der Waals surface area contributed by atoms with Gasteiger partial charge in [-0.15, -0.1) is 0 Å². The van der Waals surface area contributed by atoms with Crippen LogP contribution < -0.4 is 10.1 Å². The SMILES string of the molecule is CC(=O)C(C(=O)OCc1ccc([N+](=O)[O-])cc1)N1C(=O)C(NC(=O)COc2ccccc2)C1SS(=O)(=O)c1ccc(C)cc1. The minimum atomic E-state index is -4.15. The molecule has 0 radical (unpaired) electrons. The van der Waals surface area contributed by atoms with Crippen LogP contribution in [0.2, 0.25) is 0 Å². The van der Waals surface area contributed by atoms with Crippen molar-refractivity contribution in [2.45, 2.75) is 42.8 Å². The van der Waals surface area contributed by atoms with Gasteiger partial charge in [-0.25, -0.2) is 13.2 Å². The third-order valence-corrected chi connectivity index (χ3v) is 10.2. The number of carbonyl (C=O) groups is 4. The Morgan fingerprint density at radius 3 is 2.25 bits per heavy atom. The second-order valence-corrected chi connectivity index (χ2v) is 13.6. The lowest BCUT2D eigenvalue weighted by molar-refractivity contribution is -0.384. The Morgan fingerprint density at radius 1 is 1.02 bits per heavy atom. The number of hydrogen-bond acceptors (Lipinski definition) is 11. The number of ketones is 1. The van der Waals surface area contributed by atoms with Crippen LogP contribution >= 0.6 is 10.8 Å². The molecule has 0 aromatic heterocycles. The topological polar surface area (TPSA) is 179 Å². The highest BCUT2D eigenvalue weighted by Gasteiger charge is 2.56. The van der Waals surface area contributed by atoms with Gasteiger partial charge in [-0.1, -0.05) is 35.9 Å². The molecule has 230 valence electrons. The number of nitrogens with one attached hydrogen (secondary N) is 1. The van der Waals surface area contributed by atoms with Crippen molar-refractivity contribution in [1.82, 2.24) is 10.2 Å². The van der Waals surface area contributed by atoms with Crippen molar-refractivity contribution >= 4 is 48.9 Å². The van der Waals surface area contributed by atoms with Crippen LogP contribution in [0.25, 0.3) is 0 Å². The maximum absolute atomic E-state index is 13.3. The summed E-state index contributed by atoms with van der Waals surface area (Å²) in [6, 6.07) is 16.3. The number of para-hydroxylation sites is 1. The number of benzene rings is 3. The second-order valence-electron chi connectivity index (χ2n) is 9.69. The molecule has 3 aromatic carbocycles.